The molecule has 0 saturated heterocycles. The van der Waals surface area contributed by atoms with Gasteiger partial charge in [0.1, 0.15) is 29.9 Å². The number of rotatable bonds is 8. The summed E-state index contributed by atoms with van der Waals surface area (Å²) in [4.78, 5) is 12.5. The van der Waals surface area contributed by atoms with E-state index in [2.05, 4.69) is 24.4 Å². The van der Waals surface area contributed by atoms with Gasteiger partial charge in [-0.3, -0.25) is 0 Å². The van der Waals surface area contributed by atoms with E-state index in [1.54, 1.807) is 19.4 Å². The van der Waals surface area contributed by atoms with Crippen molar-refractivity contribution in [3.05, 3.63) is 91.0 Å². The summed E-state index contributed by atoms with van der Waals surface area (Å²) in [7, 11) is 0. The number of hydrogen-bond donors (Lipinski definition) is 1. The van der Waals surface area contributed by atoms with Gasteiger partial charge in [-0.05, 0) is 48.8 Å². The van der Waals surface area contributed by atoms with E-state index in [0.717, 1.165) is 23.4 Å². The number of nitrogens with zero attached hydrogens (tertiary/aromatic N) is 7. The van der Waals surface area contributed by atoms with E-state index in [1.807, 2.05) is 35.0 Å². The minimum atomic E-state index is -1.73. The van der Waals surface area contributed by atoms with Gasteiger partial charge in [0.15, 0.2) is 10.2 Å². The molecule has 0 bridgehead atoms. The van der Waals surface area contributed by atoms with E-state index in [0.29, 0.717) is 10.2 Å². The molecule has 0 aliphatic carbocycles. The Morgan fingerprint density at radius 3 is 2.63 bits per heavy atom. The van der Waals surface area contributed by atoms with Crippen LogP contribution in [0.1, 0.15) is 12.5 Å². The van der Waals surface area contributed by atoms with Crippen LogP contribution in [0.5, 0.6) is 0 Å². The second-order valence-electron chi connectivity index (χ2n) is 7.80. The summed E-state index contributed by atoms with van der Waals surface area (Å²) in [6.07, 6.45) is 8.05. The van der Waals surface area contributed by atoms with Gasteiger partial charge in [-0.1, -0.05) is 17.8 Å². The number of hydrogen-bond acceptors (Lipinski definition) is 8. The zero-order valence-electron chi connectivity index (χ0n) is 18.4. The van der Waals surface area contributed by atoms with Crippen molar-refractivity contribution in [3.8, 4) is 17.1 Å². The van der Waals surface area contributed by atoms with Crippen LogP contribution in [-0.4, -0.2) is 44.0 Å². The third-order valence-electron chi connectivity index (χ3n) is 5.55. The zero-order valence-corrected chi connectivity index (χ0v) is 20.0. The lowest BCUT2D eigenvalue weighted by Gasteiger charge is -2.33. The van der Waals surface area contributed by atoms with Gasteiger partial charge in [0, 0.05) is 40.5 Å². The number of aliphatic hydroxyl groups is 1. The highest BCUT2D eigenvalue weighted by Crippen LogP contribution is 2.40. The van der Waals surface area contributed by atoms with Crippen molar-refractivity contribution in [2.75, 3.05) is 0 Å². The lowest BCUT2D eigenvalue weighted by Crippen LogP contribution is -2.41. The molecule has 0 amide bonds. The summed E-state index contributed by atoms with van der Waals surface area (Å²) in [6, 6.07) is 10.9. The van der Waals surface area contributed by atoms with Crippen LogP contribution in [0.4, 0.5) is 8.78 Å². The molecule has 0 radical (unpaired) electrons. The minimum absolute atomic E-state index is 0.0331. The van der Waals surface area contributed by atoms with Gasteiger partial charge in [-0.2, -0.15) is 9.47 Å². The van der Waals surface area contributed by atoms with Crippen molar-refractivity contribution in [3.63, 3.8) is 0 Å². The van der Waals surface area contributed by atoms with Gasteiger partial charge in [0.25, 0.3) is 0 Å². The number of benzene rings is 2. The van der Waals surface area contributed by atoms with Crippen LogP contribution in [0.15, 0.2) is 78.2 Å². The molecule has 0 spiro atoms. The third-order valence-corrected chi connectivity index (χ3v) is 7.61. The predicted octanol–water partition coefficient (Wildman–Crippen LogP) is 4.33. The first-order valence-corrected chi connectivity index (χ1v) is 12.2. The molecule has 8 nitrogen and oxygen atoms in total. The summed E-state index contributed by atoms with van der Waals surface area (Å²) in [5, 5.41) is 15.1. The van der Waals surface area contributed by atoms with E-state index in [4.69, 9.17) is 0 Å². The molecule has 5 rings (SSSR count). The van der Waals surface area contributed by atoms with Crippen LogP contribution >= 0.6 is 23.3 Å². The lowest BCUT2D eigenvalue weighted by atomic mass is 9.90. The standard InChI is InChI=1S/C23H19F2N7OS2/c1-15(23(33,11-32-14-27-12-28-32)19-7-4-17(24)10-20(19)25)34-22-29-21(30-35-22)16-2-5-18(6-3-16)31-9-8-26-13-31/h2-10,12-15,33H,11H2,1H3/t15-,23?/m1/s1. The van der Waals surface area contributed by atoms with Gasteiger partial charge in [-0.25, -0.2) is 28.4 Å². The maximum Gasteiger partial charge on any atom is 0.174 e. The second kappa shape index (κ2) is 9.64. The number of aromatic nitrogens is 7. The van der Waals surface area contributed by atoms with Gasteiger partial charge < -0.3 is 9.67 Å². The molecular weight excluding hydrogens is 492 g/mol. The molecular formula is C23H19F2N7OS2. The molecule has 0 aliphatic heterocycles. The number of halogens is 2. The first-order chi connectivity index (χ1) is 16.9. The van der Waals surface area contributed by atoms with Gasteiger partial charge in [-0.15, -0.1) is 0 Å². The van der Waals surface area contributed by atoms with E-state index >= 15 is 0 Å². The molecule has 0 saturated carbocycles. The molecule has 3 aromatic heterocycles. The predicted molar refractivity (Wildman–Crippen MR) is 128 cm³/mol. The SMILES string of the molecule is C[C@@H](Sc1nc(-c2ccc(-n3ccnc3)cc2)ns1)C(O)(Cn1cncn1)c1ccc(F)cc1F. The van der Waals surface area contributed by atoms with Crippen LogP contribution in [0, 0.1) is 11.6 Å². The van der Waals surface area contributed by atoms with Crippen molar-refractivity contribution in [2.24, 2.45) is 0 Å². The Balaban J connectivity index is 1.39. The maximum absolute atomic E-state index is 14.7. The fourth-order valence-corrected chi connectivity index (χ4v) is 5.65. The quantitative estimate of drug-likeness (QED) is 0.310. The Hall–Kier alpha value is -3.48. The van der Waals surface area contributed by atoms with Crippen LogP contribution in [0.2, 0.25) is 0 Å². The van der Waals surface area contributed by atoms with E-state index in [-0.39, 0.29) is 12.1 Å². The van der Waals surface area contributed by atoms with Crippen LogP contribution in [0.25, 0.3) is 17.1 Å². The molecule has 1 unspecified atom stereocenters. The Kier molecular flexibility index (Phi) is 6.41. The first kappa shape index (κ1) is 23.3. The molecule has 0 fully saturated rings. The topological polar surface area (TPSA) is 94.5 Å². The van der Waals surface area contributed by atoms with Crippen molar-refractivity contribution < 1.29 is 13.9 Å². The summed E-state index contributed by atoms with van der Waals surface area (Å²) in [5.74, 6) is -1.01. The average Bonchev–Trinajstić information content (AvgIpc) is 3.62. The molecule has 2 atom stereocenters. The monoisotopic (exact) mass is 511 g/mol. The van der Waals surface area contributed by atoms with Gasteiger partial charge in [0.05, 0.1) is 12.9 Å². The maximum atomic E-state index is 14.7. The highest BCUT2D eigenvalue weighted by Gasteiger charge is 2.40. The van der Waals surface area contributed by atoms with Gasteiger partial charge in [0.2, 0.25) is 0 Å². The van der Waals surface area contributed by atoms with Crippen molar-refractivity contribution in [2.45, 2.75) is 28.7 Å². The molecule has 3 heterocycles. The number of imidazole rings is 1. The summed E-state index contributed by atoms with van der Waals surface area (Å²) in [5.41, 5.74) is 0.0412. The van der Waals surface area contributed by atoms with Crippen molar-refractivity contribution >= 4 is 23.3 Å². The molecule has 35 heavy (non-hydrogen) atoms. The van der Waals surface area contributed by atoms with E-state index < -0.39 is 22.5 Å². The first-order valence-electron chi connectivity index (χ1n) is 10.5. The lowest BCUT2D eigenvalue weighted by molar-refractivity contribution is 0.0133. The zero-order chi connectivity index (χ0) is 24.4. The second-order valence-corrected chi connectivity index (χ2v) is 10.1. The largest absolute Gasteiger partial charge is 0.382 e. The normalized spacial score (nSPS) is 14.1. The summed E-state index contributed by atoms with van der Waals surface area (Å²) in [6.45, 7) is 1.68. The van der Waals surface area contributed by atoms with Gasteiger partial charge >= 0.3 is 0 Å². The minimum Gasteiger partial charge on any atom is -0.382 e. The average molecular weight is 512 g/mol. The number of thioether (sulfide) groups is 1. The molecule has 5 aromatic rings. The molecule has 0 aliphatic rings. The Labute approximate surface area is 207 Å². The smallest absolute Gasteiger partial charge is 0.174 e. The fraction of sp³-hybridized carbons (Fsp3) is 0.174. The van der Waals surface area contributed by atoms with Crippen LogP contribution in [-0.2, 0) is 12.1 Å². The third kappa shape index (κ3) is 4.85. The Morgan fingerprint density at radius 2 is 1.94 bits per heavy atom. The van der Waals surface area contributed by atoms with Crippen molar-refractivity contribution in [1.29, 1.82) is 0 Å². The molecule has 12 heteroatoms. The van der Waals surface area contributed by atoms with E-state index in [9.17, 15) is 13.9 Å². The van der Waals surface area contributed by atoms with Crippen LogP contribution < -0.4 is 0 Å². The summed E-state index contributed by atoms with van der Waals surface area (Å²) >= 11 is 2.44. The molecule has 1 N–H and O–H groups in total. The van der Waals surface area contributed by atoms with Crippen LogP contribution in [0.3, 0.4) is 0 Å². The Bertz CT molecular complexity index is 1410. The van der Waals surface area contributed by atoms with E-state index in [1.165, 1.54) is 46.7 Å². The molecule has 2 aromatic carbocycles. The highest BCUT2D eigenvalue weighted by molar-refractivity contribution is 8.01. The summed E-state index contributed by atoms with van der Waals surface area (Å²) < 4.78 is 36.7. The molecule has 178 valence electrons. The van der Waals surface area contributed by atoms with Crippen molar-refractivity contribution in [1.82, 2.24) is 33.7 Å². The highest BCUT2D eigenvalue weighted by atomic mass is 32.2. The Morgan fingerprint density at radius 1 is 1.11 bits per heavy atom. The fourth-order valence-electron chi connectivity index (χ4n) is 3.65.